The summed E-state index contributed by atoms with van der Waals surface area (Å²) >= 11 is 4.00. The van der Waals surface area contributed by atoms with E-state index in [-0.39, 0.29) is 0 Å². The van der Waals surface area contributed by atoms with Crippen molar-refractivity contribution < 1.29 is 0 Å². The Bertz CT molecular complexity index is 203. The van der Waals surface area contributed by atoms with Gasteiger partial charge < -0.3 is 0 Å². The van der Waals surface area contributed by atoms with Crippen LogP contribution >= 0.6 is 23.5 Å². The zero-order chi connectivity index (χ0) is 9.10. The molecule has 1 aliphatic carbocycles. The summed E-state index contributed by atoms with van der Waals surface area (Å²) in [4.78, 5) is 4.50. The lowest BCUT2D eigenvalue weighted by molar-refractivity contribution is 0.395. The van der Waals surface area contributed by atoms with Crippen LogP contribution in [0.4, 0.5) is 0 Å². The minimum atomic E-state index is 0.869. The summed E-state index contributed by atoms with van der Waals surface area (Å²) < 4.78 is 1.36. The van der Waals surface area contributed by atoms with Gasteiger partial charge in [-0.3, -0.25) is 4.99 Å². The minimum absolute atomic E-state index is 0.869. The van der Waals surface area contributed by atoms with Crippen molar-refractivity contribution in [3.05, 3.63) is 0 Å². The molecule has 0 saturated heterocycles. The molecule has 3 heteroatoms. The highest BCUT2D eigenvalue weighted by Gasteiger charge is 2.22. The molecule has 2 unspecified atom stereocenters. The fraction of sp³-hybridized carbons (Fsp3) is 0.900. The molecule has 0 aromatic rings. The first kappa shape index (κ1) is 9.91. The molecular formula is C10H17NS2. The van der Waals surface area contributed by atoms with Gasteiger partial charge in [-0.1, -0.05) is 43.3 Å². The van der Waals surface area contributed by atoms with E-state index in [0.717, 1.165) is 17.7 Å². The number of thioether (sulfide) groups is 2. The average molecular weight is 215 g/mol. The highest BCUT2D eigenvalue weighted by molar-refractivity contribution is 8.39. The Morgan fingerprint density at radius 3 is 3.08 bits per heavy atom. The van der Waals surface area contributed by atoms with Crippen LogP contribution in [0.2, 0.25) is 0 Å². The summed E-state index contributed by atoms with van der Waals surface area (Å²) in [6.07, 6.45) is 5.69. The fourth-order valence-electron chi connectivity index (χ4n) is 2.01. The monoisotopic (exact) mass is 215 g/mol. The lowest BCUT2D eigenvalue weighted by atomic mass is 9.91. The molecule has 0 radical (unpaired) electrons. The predicted molar refractivity (Wildman–Crippen MR) is 63.8 cm³/mol. The maximum Gasteiger partial charge on any atom is 0.124 e. The standard InChI is InChI=1S/C10H17NS2/c1-8-3-2-4-9(7-8)13-10-11-5-6-12-10/h8-9H,2-7H2,1H3. The van der Waals surface area contributed by atoms with Gasteiger partial charge in [-0.05, 0) is 18.8 Å². The Hall–Kier alpha value is 0.370. The number of hydrogen-bond donors (Lipinski definition) is 0. The quantitative estimate of drug-likeness (QED) is 0.664. The van der Waals surface area contributed by atoms with E-state index in [9.17, 15) is 0 Å². The third-order valence-corrected chi connectivity index (χ3v) is 5.21. The molecule has 2 aliphatic rings. The van der Waals surface area contributed by atoms with Gasteiger partial charge in [0.05, 0.1) is 6.54 Å². The Kier molecular flexibility index (Phi) is 3.61. The number of nitrogens with zero attached hydrogens (tertiary/aromatic N) is 1. The van der Waals surface area contributed by atoms with Crippen molar-refractivity contribution in [1.29, 1.82) is 0 Å². The van der Waals surface area contributed by atoms with Crippen LogP contribution in [0.15, 0.2) is 4.99 Å². The molecule has 1 nitrogen and oxygen atoms in total. The van der Waals surface area contributed by atoms with Crippen LogP contribution in [0.3, 0.4) is 0 Å². The lowest BCUT2D eigenvalue weighted by Gasteiger charge is -2.25. The largest absolute Gasteiger partial charge is 0.271 e. The SMILES string of the molecule is CC1CCCC(SC2=NCCS2)C1. The first-order valence-electron chi connectivity index (χ1n) is 5.18. The van der Waals surface area contributed by atoms with Crippen molar-refractivity contribution in [2.45, 2.75) is 37.9 Å². The smallest absolute Gasteiger partial charge is 0.124 e. The molecule has 0 N–H and O–H groups in total. The second-order valence-electron chi connectivity index (χ2n) is 4.01. The van der Waals surface area contributed by atoms with Crippen molar-refractivity contribution in [2.75, 3.05) is 12.3 Å². The first-order valence-corrected chi connectivity index (χ1v) is 7.05. The van der Waals surface area contributed by atoms with Crippen LogP contribution in [0.25, 0.3) is 0 Å². The summed E-state index contributed by atoms with van der Waals surface area (Å²) in [6.45, 7) is 3.44. The van der Waals surface area contributed by atoms with Gasteiger partial charge in [0.1, 0.15) is 4.38 Å². The molecule has 74 valence electrons. The van der Waals surface area contributed by atoms with E-state index in [1.807, 2.05) is 23.5 Å². The van der Waals surface area contributed by atoms with Crippen molar-refractivity contribution >= 4 is 27.9 Å². The van der Waals surface area contributed by atoms with Crippen LogP contribution in [-0.2, 0) is 0 Å². The zero-order valence-corrected chi connectivity index (χ0v) is 9.79. The van der Waals surface area contributed by atoms with Crippen molar-refractivity contribution in [3.63, 3.8) is 0 Å². The molecule has 2 atom stereocenters. The fourth-order valence-corrected chi connectivity index (χ4v) is 4.65. The molecule has 1 fully saturated rings. The van der Waals surface area contributed by atoms with Gasteiger partial charge in [0.25, 0.3) is 0 Å². The van der Waals surface area contributed by atoms with E-state index >= 15 is 0 Å². The number of hydrogen-bond acceptors (Lipinski definition) is 3. The molecule has 1 aliphatic heterocycles. The Morgan fingerprint density at radius 2 is 2.38 bits per heavy atom. The first-order chi connectivity index (χ1) is 6.34. The highest BCUT2D eigenvalue weighted by atomic mass is 32.2. The van der Waals surface area contributed by atoms with Gasteiger partial charge in [0.15, 0.2) is 0 Å². The molecule has 0 aromatic carbocycles. The van der Waals surface area contributed by atoms with Crippen molar-refractivity contribution in [3.8, 4) is 0 Å². The van der Waals surface area contributed by atoms with Gasteiger partial charge in [-0.2, -0.15) is 0 Å². The molecule has 0 bridgehead atoms. The molecule has 1 saturated carbocycles. The van der Waals surface area contributed by atoms with Crippen LogP contribution in [-0.4, -0.2) is 21.9 Å². The second-order valence-corrected chi connectivity index (χ2v) is 6.64. The Labute approximate surface area is 89.2 Å². The third kappa shape index (κ3) is 2.91. The summed E-state index contributed by atoms with van der Waals surface area (Å²) in [5.74, 6) is 2.16. The van der Waals surface area contributed by atoms with E-state index in [1.165, 1.54) is 35.8 Å². The van der Waals surface area contributed by atoms with Crippen molar-refractivity contribution in [1.82, 2.24) is 0 Å². The highest BCUT2D eigenvalue weighted by Crippen LogP contribution is 2.35. The number of aliphatic imine (C=N–C) groups is 1. The van der Waals surface area contributed by atoms with Gasteiger partial charge in [-0.15, -0.1) is 0 Å². The van der Waals surface area contributed by atoms with Gasteiger partial charge in [0, 0.05) is 11.0 Å². The van der Waals surface area contributed by atoms with E-state index in [2.05, 4.69) is 11.9 Å². The van der Waals surface area contributed by atoms with Crippen LogP contribution in [0, 0.1) is 5.92 Å². The van der Waals surface area contributed by atoms with Crippen LogP contribution in [0.1, 0.15) is 32.6 Å². The molecular weight excluding hydrogens is 198 g/mol. The van der Waals surface area contributed by atoms with E-state index in [0.29, 0.717) is 0 Å². The molecule has 0 spiro atoms. The van der Waals surface area contributed by atoms with Gasteiger partial charge >= 0.3 is 0 Å². The molecule has 0 amide bonds. The maximum absolute atomic E-state index is 4.50. The maximum atomic E-state index is 4.50. The molecule has 1 heterocycles. The average Bonchev–Trinajstić information content (AvgIpc) is 2.57. The van der Waals surface area contributed by atoms with Gasteiger partial charge in [0.2, 0.25) is 0 Å². The van der Waals surface area contributed by atoms with E-state index in [1.54, 1.807) is 0 Å². The summed E-state index contributed by atoms with van der Waals surface area (Å²) in [5.41, 5.74) is 0. The topological polar surface area (TPSA) is 12.4 Å². The minimum Gasteiger partial charge on any atom is -0.271 e. The summed E-state index contributed by atoms with van der Waals surface area (Å²) in [6, 6.07) is 0. The molecule has 13 heavy (non-hydrogen) atoms. The summed E-state index contributed by atoms with van der Waals surface area (Å²) in [7, 11) is 0. The zero-order valence-electron chi connectivity index (χ0n) is 8.16. The molecule has 0 aromatic heterocycles. The normalized spacial score (nSPS) is 34.7. The third-order valence-electron chi connectivity index (χ3n) is 2.71. The van der Waals surface area contributed by atoms with E-state index < -0.39 is 0 Å². The van der Waals surface area contributed by atoms with Crippen molar-refractivity contribution in [2.24, 2.45) is 10.9 Å². The molecule has 2 rings (SSSR count). The second kappa shape index (κ2) is 4.74. The van der Waals surface area contributed by atoms with Crippen LogP contribution < -0.4 is 0 Å². The Balaban J connectivity index is 1.80. The van der Waals surface area contributed by atoms with E-state index in [4.69, 9.17) is 0 Å². The van der Waals surface area contributed by atoms with Gasteiger partial charge in [-0.25, -0.2) is 0 Å². The predicted octanol–water partition coefficient (Wildman–Crippen LogP) is 3.40. The lowest BCUT2D eigenvalue weighted by Crippen LogP contribution is -2.16. The number of rotatable bonds is 1. The summed E-state index contributed by atoms with van der Waals surface area (Å²) in [5, 5.41) is 0.869. The Morgan fingerprint density at radius 1 is 1.46 bits per heavy atom. The van der Waals surface area contributed by atoms with Crippen LogP contribution in [0.5, 0.6) is 0 Å².